The van der Waals surface area contributed by atoms with Gasteiger partial charge in [-0.2, -0.15) is 0 Å². The van der Waals surface area contributed by atoms with Gasteiger partial charge in [0.15, 0.2) is 0 Å². The summed E-state index contributed by atoms with van der Waals surface area (Å²) in [7, 11) is 0. The van der Waals surface area contributed by atoms with E-state index in [1.165, 1.54) is 0 Å². The highest BCUT2D eigenvalue weighted by atomic mass is 16.3. The Morgan fingerprint density at radius 2 is 2.27 bits per heavy atom. The lowest BCUT2D eigenvalue weighted by Crippen LogP contribution is -2.34. The summed E-state index contributed by atoms with van der Waals surface area (Å²) >= 11 is 0. The Morgan fingerprint density at radius 3 is 2.87 bits per heavy atom. The number of aliphatic hydroxyl groups is 1. The molecule has 1 amide bonds. The molecule has 0 aromatic heterocycles. The van der Waals surface area contributed by atoms with Crippen molar-refractivity contribution in [2.45, 2.75) is 25.9 Å². The molecule has 2 fully saturated rings. The maximum Gasteiger partial charge on any atom is 0.221 e. The van der Waals surface area contributed by atoms with E-state index in [1.54, 1.807) is 0 Å². The van der Waals surface area contributed by atoms with Gasteiger partial charge in [0.05, 0.1) is 6.10 Å². The SMILES string of the molecule is CC(CN1CC2CCC(O)C2C1)C(N)=O. The number of carbonyl (C=O) groups excluding carboxylic acids is 1. The smallest absolute Gasteiger partial charge is 0.221 e. The van der Waals surface area contributed by atoms with E-state index in [9.17, 15) is 9.90 Å². The third-order valence-electron chi connectivity index (χ3n) is 3.91. The average Bonchev–Trinajstić information content (AvgIpc) is 2.69. The molecule has 1 aliphatic heterocycles. The average molecular weight is 212 g/mol. The van der Waals surface area contributed by atoms with Crippen LogP contribution in [0.3, 0.4) is 0 Å². The highest BCUT2D eigenvalue weighted by Crippen LogP contribution is 2.38. The Morgan fingerprint density at radius 1 is 1.53 bits per heavy atom. The molecule has 4 unspecified atom stereocenters. The number of fused-ring (bicyclic) bond motifs is 1. The zero-order valence-corrected chi connectivity index (χ0v) is 9.22. The third-order valence-corrected chi connectivity index (χ3v) is 3.91. The molecule has 4 heteroatoms. The topological polar surface area (TPSA) is 66.6 Å². The number of carbonyl (C=O) groups is 1. The van der Waals surface area contributed by atoms with E-state index in [0.29, 0.717) is 11.8 Å². The molecule has 4 atom stereocenters. The van der Waals surface area contributed by atoms with Gasteiger partial charge >= 0.3 is 0 Å². The lowest BCUT2D eigenvalue weighted by atomic mass is 10.00. The maximum absolute atomic E-state index is 10.9. The number of amides is 1. The van der Waals surface area contributed by atoms with Crippen LogP contribution in [0.5, 0.6) is 0 Å². The van der Waals surface area contributed by atoms with Gasteiger partial charge in [0.1, 0.15) is 0 Å². The number of nitrogens with two attached hydrogens (primary N) is 1. The van der Waals surface area contributed by atoms with Crippen LogP contribution in [0.4, 0.5) is 0 Å². The molecule has 0 radical (unpaired) electrons. The Hall–Kier alpha value is -0.610. The van der Waals surface area contributed by atoms with Gasteiger partial charge in [0, 0.05) is 31.5 Å². The predicted octanol–water partition coefficient (Wildman–Crippen LogP) is -0.189. The molecule has 0 bridgehead atoms. The highest BCUT2D eigenvalue weighted by molar-refractivity contribution is 5.76. The minimum absolute atomic E-state index is 0.0824. The molecule has 3 N–H and O–H groups in total. The van der Waals surface area contributed by atoms with Crippen LogP contribution < -0.4 is 5.73 Å². The van der Waals surface area contributed by atoms with Gasteiger partial charge in [0.2, 0.25) is 5.91 Å². The number of primary amides is 1. The summed E-state index contributed by atoms with van der Waals surface area (Å²) in [5, 5.41) is 9.74. The fourth-order valence-corrected chi connectivity index (χ4v) is 2.96. The minimum atomic E-state index is -0.229. The molecule has 0 aromatic rings. The number of likely N-dealkylation sites (tertiary alicyclic amines) is 1. The first-order valence-electron chi connectivity index (χ1n) is 5.77. The highest BCUT2D eigenvalue weighted by Gasteiger charge is 2.41. The van der Waals surface area contributed by atoms with Crippen LogP contribution in [0.15, 0.2) is 0 Å². The quantitative estimate of drug-likeness (QED) is 0.681. The van der Waals surface area contributed by atoms with Crippen molar-refractivity contribution in [3.05, 3.63) is 0 Å². The van der Waals surface area contributed by atoms with Crippen LogP contribution in [0.25, 0.3) is 0 Å². The fourth-order valence-electron chi connectivity index (χ4n) is 2.96. The first-order chi connectivity index (χ1) is 7.08. The van der Waals surface area contributed by atoms with E-state index in [2.05, 4.69) is 4.90 Å². The van der Waals surface area contributed by atoms with Crippen LogP contribution >= 0.6 is 0 Å². The molecule has 86 valence electrons. The first-order valence-corrected chi connectivity index (χ1v) is 5.77. The molecule has 4 nitrogen and oxygen atoms in total. The van der Waals surface area contributed by atoms with Crippen LogP contribution in [-0.4, -0.2) is 41.7 Å². The summed E-state index contributed by atoms with van der Waals surface area (Å²) in [5.74, 6) is 0.763. The summed E-state index contributed by atoms with van der Waals surface area (Å²) in [4.78, 5) is 13.2. The van der Waals surface area contributed by atoms with Crippen molar-refractivity contribution < 1.29 is 9.90 Å². The fraction of sp³-hybridized carbons (Fsp3) is 0.909. The van der Waals surface area contributed by atoms with E-state index in [-0.39, 0.29) is 17.9 Å². The van der Waals surface area contributed by atoms with Crippen LogP contribution in [0, 0.1) is 17.8 Å². The second kappa shape index (κ2) is 4.10. The standard InChI is InChI=1S/C11H20N2O2/c1-7(11(12)15)4-13-5-8-2-3-10(14)9(8)6-13/h7-10,14H,2-6H2,1H3,(H2,12,15). The number of hydrogen-bond acceptors (Lipinski definition) is 3. The van der Waals surface area contributed by atoms with Crippen molar-refractivity contribution in [3.8, 4) is 0 Å². The number of nitrogens with zero attached hydrogens (tertiary/aromatic N) is 1. The number of rotatable bonds is 3. The maximum atomic E-state index is 10.9. The monoisotopic (exact) mass is 212 g/mol. The molecular weight excluding hydrogens is 192 g/mol. The van der Waals surface area contributed by atoms with Crippen molar-refractivity contribution >= 4 is 5.91 Å². The molecule has 1 saturated heterocycles. The van der Waals surface area contributed by atoms with E-state index in [1.807, 2.05) is 6.92 Å². The predicted molar refractivity (Wildman–Crippen MR) is 57.0 cm³/mol. The van der Waals surface area contributed by atoms with E-state index in [0.717, 1.165) is 32.5 Å². The summed E-state index contributed by atoms with van der Waals surface area (Å²) in [5.41, 5.74) is 5.24. The summed E-state index contributed by atoms with van der Waals surface area (Å²) in [6.45, 7) is 4.57. The van der Waals surface area contributed by atoms with Gasteiger partial charge in [-0.15, -0.1) is 0 Å². The molecular formula is C11H20N2O2. The van der Waals surface area contributed by atoms with Gasteiger partial charge in [0.25, 0.3) is 0 Å². The third kappa shape index (κ3) is 2.16. The van der Waals surface area contributed by atoms with Crippen molar-refractivity contribution in [1.82, 2.24) is 4.90 Å². The second-order valence-corrected chi connectivity index (χ2v) is 5.09. The van der Waals surface area contributed by atoms with Crippen LogP contribution in [-0.2, 0) is 4.79 Å². The Bertz CT molecular complexity index is 257. The Labute approximate surface area is 90.4 Å². The van der Waals surface area contributed by atoms with Gasteiger partial charge in [-0.3, -0.25) is 4.79 Å². The number of hydrogen-bond donors (Lipinski definition) is 2. The van der Waals surface area contributed by atoms with E-state index >= 15 is 0 Å². The van der Waals surface area contributed by atoms with Crippen LogP contribution in [0.1, 0.15) is 19.8 Å². The van der Waals surface area contributed by atoms with Crippen molar-refractivity contribution in [1.29, 1.82) is 0 Å². The Kier molecular flexibility index (Phi) is 2.98. The Balaban J connectivity index is 1.86. The van der Waals surface area contributed by atoms with Gasteiger partial charge in [-0.05, 0) is 18.8 Å². The normalized spacial score (nSPS) is 37.9. The largest absolute Gasteiger partial charge is 0.393 e. The molecule has 2 aliphatic rings. The number of aliphatic hydroxyl groups excluding tert-OH is 1. The van der Waals surface area contributed by atoms with Gasteiger partial charge in [-0.1, -0.05) is 6.92 Å². The van der Waals surface area contributed by atoms with E-state index < -0.39 is 0 Å². The molecule has 1 heterocycles. The molecule has 15 heavy (non-hydrogen) atoms. The summed E-state index contributed by atoms with van der Waals surface area (Å²) in [6.07, 6.45) is 1.96. The molecule has 0 aromatic carbocycles. The molecule has 1 aliphatic carbocycles. The van der Waals surface area contributed by atoms with Gasteiger partial charge in [-0.25, -0.2) is 0 Å². The first kappa shape index (κ1) is 10.9. The lowest BCUT2D eigenvalue weighted by Gasteiger charge is -2.20. The molecule has 1 saturated carbocycles. The van der Waals surface area contributed by atoms with Crippen molar-refractivity contribution in [2.24, 2.45) is 23.5 Å². The van der Waals surface area contributed by atoms with Crippen LogP contribution in [0.2, 0.25) is 0 Å². The van der Waals surface area contributed by atoms with Gasteiger partial charge < -0.3 is 15.7 Å². The zero-order chi connectivity index (χ0) is 11.0. The summed E-state index contributed by atoms with van der Waals surface area (Å²) in [6, 6.07) is 0. The molecule has 2 rings (SSSR count). The minimum Gasteiger partial charge on any atom is -0.393 e. The molecule has 0 spiro atoms. The second-order valence-electron chi connectivity index (χ2n) is 5.09. The lowest BCUT2D eigenvalue weighted by molar-refractivity contribution is -0.121. The summed E-state index contributed by atoms with van der Waals surface area (Å²) < 4.78 is 0. The van der Waals surface area contributed by atoms with E-state index in [4.69, 9.17) is 5.73 Å². The van der Waals surface area contributed by atoms with Crippen molar-refractivity contribution in [2.75, 3.05) is 19.6 Å². The zero-order valence-electron chi connectivity index (χ0n) is 9.22. The van der Waals surface area contributed by atoms with Crippen molar-refractivity contribution in [3.63, 3.8) is 0 Å².